The van der Waals surface area contributed by atoms with Crippen LogP contribution in [-0.2, 0) is 81.6 Å². The summed E-state index contributed by atoms with van der Waals surface area (Å²) >= 11 is 6.21. The summed E-state index contributed by atoms with van der Waals surface area (Å²) in [6.07, 6.45) is -0.617. The zero-order valence-electron chi connectivity index (χ0n) is 54.3. The number of halogens is 1. The van der Waals surface area contributed by atoms with Crippen molar-refractivity contribution < 1.29 is 67.4 Å². The molecule has 0 radical (unpaired) electrons. The Balaban J connectivity index is 1.25. The van der Waals surface area contributed by atoms with Crippen molar-refractivity contribution in [3.63, 3.8) is 0 Å². The third kappa shape index (κ3) is 24.1. The van der Waals surface area contributed by atoms with Crippen molar-refractivity contribution in [3.8, 4) is 0 Å². The standard InChI is InChI=1S/C65H86ClN17O14/c1-35(2)28-46-61(94)82-55(64(97)83-27-9-14-51(83)63(96)73-36(3)54(67)88)81-53(87)23-26-71-52(86)22-21-45(57(90)75-44(56(89)77-46)13-8-25-72-65(68)69)76-62(95)50(34-84)80-60(93)49(32-40-10-7-24-70-33-40)79-59(92)48(30-38-16-19-43(66)20-17-38)78-58(91)47(74-37(4)85)31-39-15-18-41-11-5-6-12-42(41)29-39/h5-7,10-12,15-20,24,29,33,35-36,44-51,55,84H,8-9,13-14,21-23,25-28,30-32,34H2,1-4H3,(H2,67,88)(H,71,86)(H,73,96)(H,74,85)(H,75,90)(H,76,95)(H,77,89)(H,78,91)(H,79,92)(H,80,93)(H,81,87)(H,82,94)(H4,68,69,72)/t36-,44-,45+,46+,47-,48-,49-,50+,51+,55-/m1/s1. The number of carbonyl (C=O) groups is 13. The Labute approximate surface area is 564 Å². The average molecular weight is 1360 g/mol. The lowest BCUT2D eigenvalue weighted by Gasteiger charge is -2.31. The summed E-state index contributed by atoms with van der Waals surface area (Å²) in [5, 5.41) is 41.2. The van der Waals surface area contributed by atoms with Gasteiger partial charge in [0, 0.05) is 76.1 Å². The van der Waals surface area contributed by atoms with Gasteiger partial charge in [-0.25, -0.2) is 0 Å². The third-order valence-electron chi connectivity index (χ3n) is 15.9. The van der Waals surface area contributed by atoms with Crippen molar-refractivity contribution in [2.45, 2.75) is 159 Å². The van der Waals surface area contributed by atoms with E-state index in [9.17, 15) is 67.4 Å². The number of pyridine rings is 1. The van der Waals surface area contributed by atoms with Crippen LogP contribution >= 0.6 is 11.6 Å². The molecular formula is C65H86ClN17O14. The topological polar surface area (TPSA) is 481 Å². The first-order valence-corrected chi connectivity index (χ1v) is 32.2. The second-order valence-electron chi connectivity index (χ2n) is 24.1. The molecule has 2 fully saturated rings. The van der Waals surface area contributed by atoms with Gasteiger partial charge >= 0.3 is 0 Å². The number of aliphatic imine (C=N–C) groups is 1. The van der Waals surface area contributed by atoms with E-state index in [2.05, 4.69) is 68.5 Å². The van der Waals surface area contributed by atoms with Gasteiger partial charge in [-0.2, -0.15) is 0 Å². The highest BCUT2D eigenvalue weighted by molar-refractivity contribution is 6.30. The number of hydrogen-bond acceptors (Lipinski definition) is 16. The largest absolute Gasteiger partial charge is 0.394 e. The minimum absolute atomic E-state index is 0.00772. The normalized spacial score (nSPS) is 19.6. The second kappa shape index (κ2) is 37.1. The van der Waals surface area contributed by atoms with Gasteiger partial charge in [-0.15, -0.1) is 0 Å². The number of hydrogen-bond donors (Lipinski definition) is 15. The number of rotatable bonds is 26. The van der Waals surface area contributed by atoms with Crippen LogP contribution in [0.25, 0.3) is 10.8 Å². The summed E-state index contributed by atoms with van der Waals surface area (Å²) in [5.41, 5.74) is 18.1. The SMILES string of the molecule is CC(=O)N[C@H](Cc1ccc2ccccc2c1)C(=O)N[C@H](Cc1ccc(Cl)cc1)C(=O)N[C@H](Cc1cccnc1)C(=O)N[C@@H](CO)C(=O)N[C@H]1CCC(=O)NCCC(=O)N[C@@H](C(=O)N2CCC[C@H]2C(=O)N[C@H](C)C(N)=O)NC(=O)[C@H](CC(C)C)NC(=O)[C@@H](CCCN=C(N)N)NC1=O. The molecule has 0 aliphatic carbocycles. The Morgan fingerprint density at radius 3 is 1.92 bits per heavy atom. The van der Waals surface area contributed by atoms with Gasteiger partial charge in [-0.05, 0) is 97.0 Å². The van der Waals surface area contributed by atoms with E-state index in [4.69, 9.17) is 28.8 Å². The van der Waals surface area contributed by atoms with E-state index >= 15 is 0 Å². The quantitative estimate of drug-likeness (QED) is 0.0172. The number of aliphatic hydroxyl groups excluding tert-OH is 1. The number of fused-ring (bicyclic) bond motifs is 1. The number of primary amides is 1. The van der Waals surface area contributed by atoms with Crippen molar-refractivity contribution in [3.05, 3.63) is 113 Å². The van der Waals surface area contributed by atoms with Gasteiger partial charge in [0.15, 0.2) is 12.1 Å². The molecule has 18 N–H and O–H groups in total. The number of nitrogens with one attached hydrogen (secondary N) is 11. The van der Waals surface area contributed by atoms with E-state index in [1.807, 2.05) is 42.5 Å². The molecule has 2 saturated heterocycles. The maximum atomic E-state index is 14.7. The molecule has 32 heteroatoms. The Hall–Kier alpha value is -10.3. The number of aromatic nitrogens is 1. The van der Waals surface area contributed by atoms with Crippen LogP contribution in [0.2, 0.25) is 5.02 Å². The van der Waals surface area contributed by atoms with Crippen LogP contribution < -0.4 is 75.7 Å². The van der Waals surface area contributed by atoms with Gasteiger partial charge < -0.3 is 85.7 Å². The first kappa shape index (κ1) is 75.7. The number of nitrogens with two attached hydrogens (primary N) is 3. The van der Waals surface area contributed by atoms with Crippen molar-refractivity contribution in [1.82, 2.24) is 68.4 Å². The number of benzene rings is 3. The molecule has 13 amide bonds. The van der Waals surface area contributed by atoms with Crippen LogP contribution in [-0.4, -0.2) is 185 Å². The zero-order valence-corrected chi connectivity index (χ0v) is 55.1. The number of aliphatic hydroxyl groups is 1. The first-order chi connectivity index (χ1) is 46.2. The molecule has 10 atom stereocenters. The fourth-order valence-electron chi connectivity index (χ4n) is 10.8. The van der Waals surface area contributed by atoms with Crippen LogP contribution in [0.5, 0.6) is 0 Å². The number of carbonyl (C=O) groups excluding carboxylic acids is 13. The lowest BCUT2D eigenvalue weighted by molar-refractivity contribution is -0.144. The number of amides is 13. The van der Waals surface area contributed by atoms with Crippen molar-refractivity contribution in [1.29, 1.82) is 0 Å². The molecule has 0 spiro atoms. The highest BCUT2D eigenvalue weighted by Crippen LogP contribution is 2.21. The van der Waals surface area contributed by atoms with Gasteiger partial charge in [0.2, 0.25) is 70.9 Å². The average Bonchev–Trinajstić information content (AvgIpc) is 1.59. The van der Waals surface area contributed by atoms with E-state index in [1.165, 1.54) is 26.2 Å². The van der Waals surface area contributed by atoms with Crippen LogP contribution in [0.3, 0.4) is 0 Å². The summed E-state index contributed by atoms with van der Waals surface area (Å²) in [7, 11) is 0. The molecule has 31 nitrogen and oxygen atoms in total. The molecular weight excluding hydrogens is 1280 g/mol. The van der Waals surface area contributed by atoms with E-state index in [-0.39, 0.29) is 76.5 Å². The first-order valence-electron chi connectivity index (χ1n) is 31.8. The molecule has 97 heavy (non-hydrogen) atoms. The predicted octanol–water partition coefficient (Wildman–Crippen LogP) is -2.74. The molecule has 3 aromatic carbocycles. The van der Waals surface area contributed by atoms with Gasteiger partial charge in [-0.1, -0.05) is 86.1 Å². The Morgan fingerprint density at radius 1 is 0.670 bits per heavy atom. The number of guanidine groups is 1. The molecule has 6 rings (SSSR count). The monoisotopic (exact) mass is 1360 g/mol. The number of likely N-dealkylation sites (tertiary alicyclic amines) is 1. The lowest BCUT2D eigenvalue weighted by Crippen LogP contribution is -2.63. The highest BCUT2D eigenvalue weighted by Gasteiger charge is 2.41. The molecule has 522 valence electrons. The summed E-state index contributed by atoms with van der Waals surface area (Å²) in [6.45, 7) is 4.54. The van der Waals surface area contributed by atoms with Crippen LogP contribution in [0.4, 0.5) is 0 Å². The Kier molecular flexibility index (Phi) is 29.0. The van der Waals surface area contributed by atoms with Gasteiger partial charge in [0.1, 0.15) is 54.4 Å². The molecule has 0 bridgehead atoms. The lowest BCUT2D eigenvalue weighted by atomic mass is 9.99. The van der Waals surface area contributed by atoms with E-state index < -0.39 is 163 Å². The number of nitrogens with zero attached hydrogens (tertiary/aromatic N) is 3. The van der Waals surface area contributed by atoms with Gasteiger partial charge in [-0.3, -0.25) is 72.3 Å². The summed E-state index contributed by atoms with van der Waals surface area (Å²) in [5.74, 6) is -12.1. The van der Waals surface area contributed by atoms with Gasteiger partial charge in [0.25, 0.3) is 5.91 Å². The maximum absolute atomic E-state index is 14.7. The smallest absolute Gasteiger partial charge is 0.266 e. The minimum atomic E-state index is -1.88. The second-order valence-corrected chi connectivity index (χ2v) is 24.6. The van der Waals surface area contributed by atoms with Crippen molar-refractivity contribution in [2.75, 3.05) is 26.2 Å². The minimum Gasteiger partial charge on any atom is -0.394 e. The van der Waals surface area contributed by atoms with E-state index in [1.54, 1.807) is 50.2 Å². The van der Waals surface area contributed by atoms with Crippen molar-refractivity contribution >= 4 is 105 Å². The molecule has 2 aliphatic heterocycles. The molecule has 1 aromatic heterocycles. The molecule has 3 heterocycles. The van der Waals surface area contributed by atoms with Crippen molar-refractivity contribution in [2.24, 2.45) is 28.1 Å². The Morgan fingerprint density at radius 2 is 1.29 bits per heavy atom. The Bertz CT molecular complexity index is 3520. The predicted molar refractivity (Wildman–Crippen MR) is 355 cm³/mol. The van der Waals surface area contributed by atoms with Crippen LogP contribution in [0, 0.1) is 5.92 Å². The van der Waals surface area contributed by atoms with E-state index in [0.717, 1.165) is 15.7 Å². The zero-order chi connectivity index (χ0) is 70.9. The fourth-order valence-corrected chi connectivity index (χ4v) is 10.9. The summed E-state index contributed by atoms with van der Waals surface area (Å²) < 4.78 is 0. The van der Waals surface area contributed by atoms with Crippen LogP contribution in [0.15, 0.2) is 96.2 Å². The molecule has 2 aliphatic rings. The van der Waals surface area contributed by atoms with E-state index in [0.29, 0.717) is 28.1 Å². The van der Waals surface area contributed by atoms with Gasteiger partial charge in [0.05, 0.1) is 6.61 Å². The summed E-state index contributed by atoms with van der Waals surface area (Å²) in [6, 6.07) is 9.71. The fraction of sp³-hybridized carbons (Fsp3) is 0.462. The maximum Gasteiger partial charge on any atom is 0.266 e. The highest BCUT2D eigenvalue weighted by atomic mass is 35.5. The summed E-state index contributed by atoms with van der Waals surface area (Å²) in [4.78, 5) is 190. The third-order valence-corrected chi connectivity index (χ3v) is 16.1. The molecule has 0 unspecified atom stereocenters. The molecule has 4 aromatic rings. The molecule has 0 saturated carbocycles. The van der Waals surface area contributed by atoms with Crippen LogP contribution in [0.1, 0.15) is 95.8 Å².